The van der Waals surface area contributed by atoms with Gasteiger partial charge in [0, 0.05) is 23.0 Å². The Morgan fingerprint density at radius 3 is 2.55 bits per heavy atom. The van der Waals surface area contributed by atoms with Gasteiger partial charge in [0.2, 0.25) is 0 Å². The van der Waals surface area contributed by atoms with Crippen LogP contribution in [0.25, 0.3) is 0 Å². The molecule has 0 aromatic heterocycles. The normalized spacial score (nSPS) is 18.9. The van der Waals surface area contributed by atoms with Crippen molar-refractivity contribution in [1.29, 1.82) is 0 Å². The number of likely N-dealkylation sites (N-methyl/N-ethyl adjacent to an activating group) is 1. The summed E-state index contributed by atoms with van der Waals surface area (Å²) in [6.45, 7) is 1.47. The third-order valence-corrected chi connectivity index (χ3v) is 6.26. The maximum Gasteiger partial charge on any atom is 0.293 e. The molecule has 2 atom stereocenters. The molecule has 2 aromatic rings. The first-order valence-corrected chi connectivity index (χ1v) is 10.4. The summed E-state index contributed by atoms with van der Waals surface area (Å²) in [5.74, 6) is 0.455. The molecule has 1 aliphatic heterocycles. The average Bonchev–Trinajstić information content (AvgIpc) is 2.81. The van der Waals surface area contributed by atoms with E-state index in [1.807, 2.05) is 55.4 Å². The molecule has 1 heterocycles. The van der Waals surface area contributed by atoms with E-state index >= 15 is 0 Å². The zero-order chi connectivity index (χ0) is 21.0. The van der Waals surface area contributed by atoms with Crippen LogP contribution in [0.3, 0.4) is 0 Å². The SMILES string of the molecule is COc1ccc([C@@H]2Sc3cc(Cl)ccc3N(CCN(C)C)C(=O)[C@@H]2OC=O)cc1. The topological polar surface area (TPSA) is 59.1 Å². The molecule has 0 unspecified atom stereocenters. The van der Waals surface area contributed by atoms with Crippen LogP contribution in [-0.4, -0.2) is 57.7 Å². The molecule has 29 heavy (non-hydrogen) atoms. The van der Waals surface area contributed by atoms with Crippen LogP contribution < -0.4 is 9.64 Å². The van der Waals surface area contributed by atoms with Crippen molar-refractivity contribution in [3.8, 4) is 5.75 Å². The molecular weight excluding hydrogens is 412 g/mol. The standard InChI is InChI=1S/C21H23ClN2O4S/c1-23(2)10-11-24-17-9-6-15(22)12-18(17)29-20(19(21(24)26)28-13-25)14-4-7-16(27-3)8-5-14/h4-9,12-13,19-20H,10-11H2,1-3H3/t19-,20+/m1/s1. The van der Waals surface area contributed by atoms with Gasteiger partial charge in [-0.2, -0.15) is 0 Å². The van der Waals surface area contributed by atoms with Gasteiger partial charge in [0.15, 0.2) is 6.10 Å². The summed E-state index contributed by atoms with van der Waals surface area (Å²) >= 11 is 7.71. The first kappa shape index (κ1) is 21.5. The number of hydrogen-bond donors (Lipinski definition) is 0. The molecule has 8 heteroatoms. The number of amides is 1. The van der Waals surface area contributed by atoms with E-state index in [1.165, 1.54) is 11.8 Å². The minimum Gasteiger partial charge on any atom is -0.497 e. The number of ether oxygens (including phenoxy) is 2. The van der Waals surface area contributed by atoms with E-state index in [0.717, 1.165) is 16.1 Å². The molecule has 3 rings (SSSR count). The predicted octanol–water partition coefficient (Wildman–Crippen LogP) is 3.63. The minimum absolute atomic E-state index is 0.256. The van der Waals surface area contributed by atoms with Crippen LogP contribution in [0.1, 0.15) is 10.8 Å². The van der Waals surface area contributed by atoms with Crippen LogP contribution in [0, 0.1) is 0 Å². The number of rotatable bonds is 7. The van der Waals surface area contributed by atoms with Gasteiger partial charge in [0.25, 0.3) is 12.4 Å². The van der Waals surface area contributed by atoms with E-state index in [-0.39, 0.29) is 5.91 Å². The second-order valence-electron chi connectivity index (χ2n) is 6.87. The Kier molecular flexibility index (Phi) is 7.05. The Hall–Kier alpha value is -2.22. The van der Waals surface area contributed by atoms with Crippen molar-refractivity contribution in [1.82, 2.24) is 4.90 Å². The lowest BCUT2D eigenvalue weighted by Gasteiger charge is -2.27. The monoisotopic (exact) mass is 434 g/mol. The maximum absolute atomic E-state index is 13.5. The summed E-state index contributed by atoms with van der Waals surface area (Å²) in [4.78, 5) is 29.2. The van der Waals surface area contributed by atoms with E-state index in [2.05, 4.69) is 0 Å². The number of fused-ring (bicyclic) bond motifs is 1. The molecule has 0 N–H and O–H groups in total. The number of nitrogens with zero attached hydrogens (tertiary/aromatic N) is 2. The van der Waals surface area contributed by atoms with E-state index in [4.69, 9.17) is 21.1 Å². The van der Waals surface area contributed by atoms with Crippen molar-refractivity contribution in [2.45, 2.75) is 16.2 Å². The van der Waals surface area contributed by atoms with Crippen molar-refractivity contribution >= 4 is 41.4 Å². The number of methoxy groups -OCH3 is 1. The van der Waals surface area contributed by atoms with E-state index < -0.39 is 11.4 Å². The Balaban J connectivity index is 2.07. The first-order chi connectivity index (χ1) is 13.9. The molecule has 1 amide bonds. The number of thioether (sulfide) groups is 1. The van der Waals surface area contributed by atoms with Crippen molar-refractivity contribution in [3.63, 3.8) is 0 Å². The summed E-state index contributed by atoms with van der Waals surface area (Å²) in [6.07, 6.45) is -0.959. The second-order valence-corrected chi connectivity index (χ2v) is 8.49. The van der Waals surface area contributed by atoms with Crippen LogP contribution in [0.4, 0.5) is 5.69 Å². The van der Waals surface area contributed by atoms with Gasteiger partial charge in [-0.05, 0) is 50.0 Å². The summed E-state index contributed by atoms with van der Waals surface area (Å²) in [5.41, 5.74) is 1.62. The maximum atomic E-state index is 13.5. The Morgan fingerprint density at radius 2 is 1.93 bits per heavy atom. The van der Waals surface area contributed by atoms with Crippen LogP contribution in [0.5, 0.6) is 5.75 Å². The van der Waals surface area contributed by atoms with Gasteiger partial charge in [-0.15, -0.1) is 11.8 Å². The molecule has 0 bridgehead atoms. The van der Waals surface area contributed by atoms with Gasteiger partial charge < -0.3 is 19.3 Å². The number of anilines is 1. The van der Waals surface area contributed by atoms with Crippen molar-refractivity contribution < 1.29 is 19.1 Å². The van der Waals surface area contributed by atoms with Gasteiger partial charge in [0.1, 0.15) is 5.75 Å². The van der Waals surface area contributed by atoms with Crippen LogP contribution >= 0.6 is 23.4 Å². The zero-order valence-electron chi connectivity index (χ0n) is 16.5. The Labute approximate surface area is 179 Å². The summed E-state index contributed by atoms with van der Waals surface area (Å²) in [5, 5.41) is 0.166. The molecule has 0 aliphatic carbocycles. The Bertz CT molecular complexity index is 875. The van der Waals surface area contributed by atoms with E-state index in [0.29, 0.717) is 30.3 Å². The largest absolute Gasteiger partial charge is 0.497 e. The number of benzene rings is 2. The van der Waals surface area contributed by atoms with Gasteiger partial charge in [-0.1, -0.05) is 23.7 Å². The number of halogens is 1. The van der Waals surface area contributed by atoms with Crippen LogP contribution in [-0.2, 0) is 14.3 Å². The Morgan fingerprint density at radius 1 is 1.21 bits per heavy atom. The number of carbonyl (C=O) groups excluding carboxylic acids is 2. The number of hydrogen-bond acceptors (Lipinski definition) is 6. The lowest BCUT2D eigenvalue weighted by molar-refractivity contribution is -0.143. The van der Waals surface area contributed by atoms with Crippen molar-refractivity contribution in [2.75, 3.05) is 39.2 Å². The van der Waals surface area contributed by atoms with Crippen LogP contribution in [0.15, 0.2) is 47.4 Å². The third kappa shape index (κ3) is 4.86. The van der Waals surface area contributed by atoms with Crippen molar-refractivity contribution in [2.24, 2.45) is 0 Å². The molecule has 0 radical (unpaired) electrons. The van der Waals surface area contributed by atoms with E-state index in [9.17, 15) is 9.59 Å². The molecule has 1 aliphatic rings. The molecular formula is C21H23ClN2O4S. The quantitative estimate of drug-likeness (QED) is 0.620. The zero-order valence-corrected chi connectivity index (χ0v) is 18.1. The number of carbonyl (C=O) groups is 2. The van der Waals surface area contributed by atoms with Gasteiger partial charge >= 0.3 is 0 Å². The predicted molar refractivity (Wildman–Crippen MR) is 115 cm³/mol. The fraction of sp³-hybridized carbons (Fsp3) is 0.333. The molecule has 0 spiro atoms. The summed E-state index contributed by atoms with van der Waals surface area (Å²) < 4.78 is 10.6. The van der Waals surface area contributed by atoms with Gasteiger partial charge in [0.05, 0.1) is 18.0 Å². The molecule has 2 aromatic carbocycles. The highest BCUT2D eigenvalue weighted by Crippen LogP contribution is 2.47. The lowest BCUT2D eigenvalue weighted by Crippen LogP contribution is -2.44. The van der Waals surface area contributed by atoms with Crippen LogP contribution in [0.2, 0.25) is 5.02 Å². The molecule has 0 fully saturated rings. The van der Waals surface area contributed by atoms with Crippen molar-refractivity contribution in [3.05, 3.63) is 53.1 Å². The highest BCUT2D eigenvalue weighted by Gasteiger charge is 2.40. The second kappa shape index (κ2) is 9.52. The smallest absolute Gasteiger partial charge is 0.293 e. The molecule has 6 nitrogen and oxygen atoms in total. The average molecular weight is 435 g/mol. The fourth-order valence-corrected chi connectivity index (χ4v) is 4.76. The summed E-state index contributed by atoms with van der Waals surface area (Å²) in [7, 11) is 5.48. The minimum atomic E-state index is -0.959. The highest BCUT2D eigenvalue weighted by molar-refractivity contribution is 7.99. The molecule has 0 saturated carbocycles. The third-order valence-electron chi connectivity index (χ3n) is 4.67. The fourth-order valence-electron chi connectivity index (χ4n) is 3.16. The van der Waals surface area contributed by atoms with Gasteiger partial charge in [-0.3, -0.25) is 9.59 Å². The molecule has 0 saturated heterocycles. The molecule has 154 valence electrons. The van der Waals surface area contributed by atoms with Gasteiger partial charge in [-0.25, -0.2) is 0 Å². The first-order valence-electron chi connectivity index (χ1n) is 9.10. The van der Waals surface area contributed by atoms with E-state index in [1.54, 1.807) is 18.1 Å². The highest BCUT2D eigenvalue weighted by atomic mass is 35.5. The summed E-state index contributed by atoms with van der Waals surface area (Å²) in [6, 6.07) is 12.9. The lowest BCUT2D eigenvalue weighted by atomic mass is 10.1.